The molecule has 2 aromatic carbocycles. The van der Waals surface area contributed by atoms with Gasteiger partial charge in [-0.25, -0.2) is 13.4 Å². The molecule has 0 unspecified atom stereocenters. The van der Waals surface area contributed by atoms with Gasteiger partial charge in [-0.1, -0.05) is 23.8 Å². The zero-order valence-electron chi connectivity index (χ0n) is 19.3. The number of carbonyl (C=O) groups is 1. The Balaban J connectivity index is 1.33. The second kappa shape index (κ2) is 9.96. The standard InChI is InChI=1S/C24H25N3O7S/c1-16-3-6-18(7-4-16)23-25-20(14-33-23)15-34-24(28)19-9-11-26(12-10-19)35(31,32)22-13-21(27(29)30)8-5-17(22)2/h3-8,13-14,19H,9-12,15H2,1-2H3. The smallest absolute Gasteiger partial charge is 0.309 e. The molecule has 0 saturated carbocycles. The van der Waals surface area contributed by atoms with Crippen LogP contribution in [0.5, 0.6) is 0 Å². The van der Waals surface area contributed by atoms with E-state index in [0.29, 0.717) is 30.0 Å². The molecule has 184 valence electrons. The molecule has 2 heterocycles. The fraction of sp³-hybridized carbons (Fsp3) is 0.333. The van der Waals surface area contributed by atoms with Gasteiger partial charge in [0.25, 0.3) is 5.69 Å². The lowest BCUT2D eigenvalue weighted by molar-refractivity contribution is -0.385. The van der Waals surface area contributed by atoms with Crippen molar-refractivity contribution >= 4 is 21.7 Å². The van der Waals surface area contributed by atoms with Crippen LogP contribution in [0.1, 0.15) is 29.7 Å². The minimum atomic E-state index is -3.93. The van der Waals surface area contributed by atoms with Gasteiger partial charge in [0, 0.05) is 30.8 Å². The summed E-state index contributed by atoms with van der Waals surface area (Å²) in [6.45, 7) is 3.77. The highest BCUT2D eigenvalue weighted by Gasteiger charge is 2.34. The third-order valence-electron chi connectivity index (χ3n) is 6.00. The van der Waals surface area contributed by atoms with Crippen LogP contribution in [0.4, 0.5) is 5.69 Å². The van der Waals surface area contributed by atoms with Crippen LogP contribution in [-0.2, 0) is 26.2 Å². The Morgan fingerprint density at radius 1 is 1.17 bits per heavy atom. The van der Waals surface area contributed by atoms with Gasteiger partial charge in [0.2, 0.25) is 15.9 Å². The topological polar surface area (TPSA) is 133 Å². The third kappa shape index (κ3) is 5.41. The van der Waals surface area contributed by atoms with Crippen molar-refractivity contribution in [3.05, 3.63) is 75.7 Å². The van der Waals surface area contributed by atoms with Crippen LogP contribution in [0.3, 0.4) is 0 Å². The Bertz CT molecular complexity index is 1340. The molecule has 0 atom stereocenters. The molecule has 0 aliphatic carbocycles. The fourth-order valence-corrected chi connectivity index (χ4v) is 5.63. The van der Waals surface area contributed by atoms with Crippen molar-refractivity contribution in [1.29, 1.82) is 0 Å². The predicted molar refractivity (Wildman–Crippen MR) is 126 cm³/mol. The number of aryl methyl sites for hydroxylation is 2. The molecule has 0 N–H and O–H groups in total. The number of non-ortho nitro benzene ring substituents is 1. The molecule has 1 aliphatic rings. The van der Waals surface area contributed by atoms with Crippen LogP contribution < -0.4 is 0 Å². The van der Waals surface area contributed by atoms with Crippen LogP contribution in [0.15, 0.2) is 58.0 Å². The van der Waals surface area contributed by atoms with Crippen LogP contribution in [0, 0.1) is 29.9 Å². The Morgan fingerprint density at radius 2 is 1.86 bits per heavy atom. The van der Waals surface area contributed by atoms with Gasteiger partial charge >= 0.3 is 5.97 Å². The quantitative estimate of drug-likeness (QED) is 0.270. The first-order valence-electron chi connectivity index (χ1n) is 11.1. The number of benzene rings is 2. The number of hydrogen-bond acceptors (Lipinski definition) is 8. The van der Waals surface area contributed by atoms with Crippen molar-refractivity contribution < 1.29 is 27.3 Å². The third-order valence-corrected chi connectivity index (χ3v) is 8.04. The Kier molecular flexibility index (Phi) is 6.99. The molecule has 10 nitrogen and oxygen atoms in total. The zero-order chi connectivity index (χ0) is 25.2. The van der Waals surface area contributed by atoms with Crippen molar-refractivity contribution in [2.75, 3.05) is 13.1 Å². The summed E-state index contributed by atoms with van der Waals surface area (Å²) in [5, 5.41) is 11.1. The van der Waals surface area contributed by atoms with Gasteiger partial charge in [0.1, 0.15) is 18.6 Å². The Morgan fingerprint density at radius 3 is 2.51 bits per heavy atom. The lowest BCUT2D eigenvalue weighted by Gasteiger charge is -2.30. The largest absolute Gasteiger partial charge is 0.459 e. The van der Waals surface area contributed by atoms with E-state index in [4.69, 9.17) is 9.15 Å². The van der Waals surface area contributed by atoms with E-state index in [9.17, 15) is 23.3 Å². The second-order valence-corrected chi connectivity index (χ2v) is 10.4. The molecule has 0 radical (unpaired) electrons. The maximum atomic E-state index is 13.1. The molecular formula is C24H25N3O7S. The van der Waals surface area contributed by atoms with Gasteiger partial charge in [0.05, 0.1) is 15.7 Å². The molecule has 1 aliphatic heterocycles. The summed E-state index contributed by atoms with van der Waals surface area (Å²) >= 11 is 0. The molecule has 1 aromatic heterocycles. The molecule has 1 fully saturated rings. The summed E-state index contributed by atoms with van der Waals surface area (Å²) in [5.41, 5.74) is 2.56. The highest BCUT2D eigenvalue weighted by molar-refractivity contribution is 7.89. The van der Waals surface area contributed by atoms with Gasteiger partial charge < -0.3 is 9.15 Å². The van der Waals surface area contributed by atoms with Crippen LogP contribution in [0.2, 0.25) is 0 Å². The molecule has 4 rings (SSSR count). The molecule has 11 heteroatoms. The first kappa shape index (κ1) is 24.6. The number of nitro benzene ring substituents is 1. The first-order chi connectivity index (χ1) is 16.6. The molecule has 0 spiro atoms. The lowest BCUT2D eigenvalue weighted by Crippen LogP contribution is -2.40. The molecule has 3 aromatic rings. The van der Waals surface area contributed by atoms with E-state index in [2.05, 4.69) is 4.98 Å². The summed E-state index contributed by atoms with van der Waals surface area (Å²) in [4.78, 5) is 27.3. The van der Waals surface area contributed by atoms with E-state index >= 15 is 0 Å². The number of hydrogen-bond donors (Lipinski definition) is 0. The van der Waals surface area contributed by atoms with E-state index in [0.717, 1.165) is 17.2 Å². The number of nitrogens with zero attached hydrogens (tertiary/aromatic N) is 3. The molecule has 0 bridgehead atoms. The average molecular weight is 500 g/mol. The number of ether oxygens (including phenoxy) is 1. The maximum absolute atomic E-state index is 13.1. The highest BCUT2D eigenvalue weighted by atomic mass is 32.2. The number of piperidine rings is 1. The number of nitro groups is 1. The normalized spacial score (nSPS) is 15.1. The zero-order valence-corrected chi connectivity index (χ0v) is 20.2. The van der Waals surface area contributed by atoms with E-state index < -0.39 is 26.8 Å². The predicted octanol–water partition coefficient (Wildman–Crippen LogP) is 4.01. The maximum Gasteiger partial charge on any atom is 0.309 e. The fourth-order valence-electron chi connectivity index (χ4n) is 3.92. The van der Waals surface area contributed by atoms with Crippen molar-refractivity contribution in [3.8, 4) is 11.5 Å². The number of carbonyl (C=O) groups excluding carboxylic acids is 1. The van der Waals surface area contributed by atoms with Crippen molar-refractivity contribution in [2.24, 2.45) is 5.92 Å². The molecule has 35 heavy (non-hydrogen) atoms. The summed E-state index contributed by atoms with van der Waals surface area (Å²) < 4.78 is 38.3. The summed E-state index contributed by atoms with van der Waals surface area (Å²) in [7, 11) is -3.93. The number of oxazole rings is 1. The van der Waals surface area contributed by atoms with Crippen LogP contribution in [-0.4, -0.2) is 41.7 Å². The van der Waals surface area contributed by atoms with Gasteiger partial charge in [0.15, 0.2) is 0 Å². The van der Waals surface area contributed by atoms with Gasteiger partial charge in [-0.15, -0.1) is 0 Å². The highest BCUT2D eigenvalue weighted by Crippen LogP contribution is 2.29. The van der Waals surface area contributed by atoms with Crippen molar-refractivity contribution in [2.45, 2.75) is 38.2 Å². The lowest BCUT2D eigenvalue weighted by atomic mass is 9.98. The van der Waals surface area contributed by atoms with Gasteiger partial charge in [-0.05, 0) is 44.4 Å². The first-order valence-corrected chi connectivity index (χ1v) is 12.5. The van der Waals surface area contributed by atoms with Crippen molar-refractivity contribution in [1.82, 2.24) is 9.29 Å². The molecular weight excluding hydrogens is 474 g/mol. The number of sulfonamides is 1. The summed E-state index contributed by atoms with van der Waals surface area (Å²) in [6, 6.07) is 11.5. The van der Waals surface area contributed by atoms with E-state index in [1.165, 1.54) is 22.7 Å². The summed E-state index contributed by atoms with van der Waals surface area (Å²) in [5.74, 6) is -0.435. The monoisotopic (exact) mass is 499 g/mol. The van der Waals surface area contributed by atoms with E-state index in [1.54, 1.807) is 6.92 Å². The van der Waals surface area contributed by atoms with E-state index in [-0.39, 0.29) is 30.3 Å². The van der Waals surface area contributed by atoms with Crippen LogP contribution >= 0.6 is 0 Å². The van der Waals surface area contributed by atoms with Crippen molar-refractivity contribution in [3.63, 3.8) is 0 Å². The van der Waals surface area contributed by atoms with Gasteiger partial charge in [-0.3, -0.25) is 14.9 Å². The minimum absolute atomic E-state index is 0.0421. The molecule has 1 saturated heterocycles. The second-order valence-electron chi connectivity index (χ2n) is 8.50. The average Bonchev–Trinajstić information content (AvgIpc) is 3.32. The summed E-state index contributed by atoms with van der Waals surface area (Å²) in [6.07, 6.45) is 2.03. The Hall–Kier alpha value is -3.57. The van der Waals surface area contributed by atoms with Gasteiger partial charge in [-0.2, -0.15) is 4.31 Å². The molecule has 0 amide bonds. The number of rotatable bonds is 7. The number of aromatic nitrogens is 1. The minimum Gasteiger partial charge on any atom is -0.459 e. The van der Waals surface area contributed by atoms with Crippen LogP contribution in [0.25, 0.3) is 11.5 Å². The SMILES string of the molecule is Cc1ccc(-c2nc(COC(=O)C3CCN(S(=O)(=O)c4cc([N+](=O)[O-])ccc4C)CC3)co2)cc1. The van der Waals surface area contributed by atoms with E-state index in [1.807, 2.05) is 31.2 Å². The Labute approximate surface area is 202 Å². The number of esters is 1.